The summed E-state index contributed by atoms with van der Waals surface area (Å²) in [4.78, 5) is 37.0. The number of ether oxygens (including phenoxy) is 3. The number of benzene rings is 2. The molecule has 4 rings (SSSR count). The minimum atomic E-state index is -0.580. The second kappa shape index (κ2) is 7.88. The number of rotatable bonds is 5. The maximum atomic E-state index is 12.8. The number of carbonyl (C=O) groups excluding carboxylic acids is 2. The first-order chi connectivity index (χ1) is 14.4. The van der Waals surface area contributed by atoms with Gasteiger partial charge in [0.2, 0.25) is 6.79 Å². The molecule has 1 fully saturated rings. The maximum Gasteiger partial charge on any atom is 0.311 e. The number of thioether (sulfide) groups is 1. The lowest BCUT2D eigenvalue weighted by molar-refractivity contribution is -0.385. The van der Waals surface area contributed by atoms with Gasteiger partial charge in [0, 0.05) is 17.2 Å². The van der Waals surface area contributed by atoms with Crippen LogP contribution in [0.15, 0.2) is 35.2 Å². The molecule has 0 bridgehead atoms. The van der Waals surface area contributed by atoms with Gasteiger partial charge < -0.3 is 14.2 Å². The van der Waals surface area contributed by atoms with Gasteiger partial charge in [-0.05, 0) is 41.1 Å². The number of imide groups is 1. The molecule has 0 radical (unpaired) electrons. The quantitative estimate of drug-likeness (QED) is 0.380. The normalized spacial score (nSPS) is 16.5. The van der Waals surface area contributed by atoms with Crippen LogP contribution in [-0.2, 0) is 11.3 Å². The van der Waals surface area contributed by atoms with Gasteiger partial charge in [0.05, 0.1) is 23.5 Å². The van der Waals surface area contributed by atoms with Gasteiger partial charge in [-0.1, -0.05) is 17.7 Å². The van der Waals surface area contributed by atoms with Crippen LogP contribution in [0.1, 0.15) is 11.1 Å². The number of amides is 2. The summed E-state index contributed by atoms with van der Waals surface area (Å²) in [6.45, 7) is 0.0354. The SMILES string of the molecule is COc1ccc(/C=C2\SC(=O)N(Cc3cc4c(cc3Cl)OCO4)C2=O)cc1[N+](=O)[O-]. The fourth-order valence-electron chi connectivity index (χ4n) is 2.98. The number of nitrogens with zero attached hydrogens (tertiary/aromatic N) is 2. The van der Waals surface area contributed by atoms with Crippen LogP contribution in [0.5, 0.6) is 17.2 Å². The third-order valence-electron chi connectivity index (χ3n) is 4.44. The number of methoxy groups -OCH3 is 1. The highest BCUT2D eigenvalue weighted by molar-refractivity contribution is 8.18. The number of fused-ring (bicyclic) bond motifs is 1. The van der Waals surface area contributed by atoms with E-state index in [1.807, 2.05) is 0 Å². The van der Waals surface area contributed by atoms with E-state index in [4.69, 9.17) is 25.8 Å². The molecule has 30 heavy (non-hydrogen) atoms. The second-order valence-corrected chi connectivity index (χ2v) is 7.65. The van der Waals surface area contributed by atoms with Gasteiger partial charge in [0.1, 0.15) is 0 Å². The lowest BCUT2D eigenvalue weighted by Gasteiger charge is -2.14. The standard InChI is InChI=1S/C19H13ClN2O7S/c1-27-14-3-2-10(4-13(14)22(25)26)5-17-18(23)21(19(24)30-17)8-11-6-15-16(7-12(11)20)29-9-28-15/h2-7H,8-9H2,1H3/b17-5-. The Morgan fingerprint density at radius 2 is 2.00 bits per heavy atom. The second-order valence-electron chi connectivity index (χ2n) is 6.25. The summed E-state index contributed by atoms with van der Waals surface area (Å²) in [5.74, 6) is 0.571. The molecule has 11 heteroatoms. The van der Waals surface area contributed by atoms with Crippen molar-refractivity contribution in [1.29, 1.82) is 0 Å². The molecule has 0 saturated carbocycles. The lowest BCUT2D eigenvalue weighted by atomic mass is 10.1. The third kappa shape index (κ3) is 3.66. The van der Waals surface area contributed by atoms with Crippen LogP contribution in [-0.4, -0.2) is 34.9 Å². The number of nitro benzene ring substituents is 1. The van der Waals surface area contributed by atoms with Gasteiger partial charge in [0.15, 0.2) is 17.2 Å². The lowest BCUT2D eigenvalue weighted by Crippen LogP contribution is -2.27. The Labute approximate surface area is 179 Å². The molecule has 0 aliphatic carbocycles. The molecular formula is C19H13ClN2O7S. The molecular weight excluding hydrogens is 436 g/mol. The van der Waals surface area contributed by atoms with Crippen molar-refractivity contribution in [1.82, 2.24) is 4.90 Å². The molecule has 2 aromatic carbocycles. The molecule has 0 unspecified atom stereocenters. The number of hydrogen-bond acceptors (Lipinski definition) is 8. The van der Waals surface area contributed by atoms with Crippen LogP contribution >= 0.6 is 23.4 Å². The average molecular weight is 449 g/mol. The van der Waals surface area contributed by atoms with E-state index in [0.29, 0.717) is 27.6 Å². The maximum absolute atomic E-state index is 12.8. The molecule has 0 spiro atoms. The van der Waals surface area contributed by atoms with Gasteiger partial charge in [-0.25, -0.2) is 0 Å². The monoisotopic (exact) mass is 448 g/mol. The predicted octanol–water partition coefficient (Wildman–Crippen LogP) is 4.22. The zero-order chi connectivity index (χ0) is 21.4. The van der Waals surface area contributed by atoms with Crippen molar-refractivity contribution in [2.45, 2.75) is 6.54 Å². The average Bonchev–Trinajstić information content (AvgIpc) is 3.27. The van der Waals surface area contributed by atoms with Crippen molar-refractivity contribution >= 4 is 46.3 Å². The van der Waals surface area contributed by atoms with E-state index in [1.54, 1.807) is 18.2 Å². The van der Waals surface area contributed by atoms with Crippen molar-refractivity contribution in [2.24, 2.45) is 0 Å². The predicted molar refractivity (Wildman–Crippen MR) is 109 cm³/mol. The Morgan fingerprint density at radius 1 is 1.27 bits per heavy atom. The van der Waals surface area contributed by atoms with Gasteiger partial charge in [-0.3, -0.25) is 24.6 Å². The van der Waals surface area contributed by atoms with E-state index < -0.39 is 16.1 Å². The molecule has 2 aliphatic heterocycles. The number of halogens is 1. The first-order valence-electron chi connectivity index (χ1n) is 8.53. The number of carbonyl (C=O) groups is 2. The van der Waals surface area contributed by atoms with Crippen molar-refractivity contribution < 1.29 is 28.7 Å². The van der Waals surface area contributed by atoms with E-state index in [2.05, 4.69) is 0 Å². The summed E-state index contributed by atoms with van der Waals surface area (Å²) in [5.41, 5.74) is 0.691. The Morgan fingerprint density at radius 3 is 2.70 bits per heavy atom. The topological polar surface area (TPSA) is 108 Å². The van der Waals surface area contributed by atoms with Gasteiger partial charge in [-0.2, -0.15) is 0 Å². The summed E-state index contributed by atoms with van der Waals surface area (Å²) in [5, 5.41) is 11.1. The molecule has 2 heterocycles. The van der Waals surface area contributed by atoms with E-state index >= 15 is 0 Å². The molecule has 2 aromatic rings. The van der Waals surface area contributed by atoms with E-state index in [0.717, 1.165) is 16.7 Å². The van der Waals surface area contributed by atoms with Crippen molar-refractivity contribution in [2.75, 3.05) is 13.9 Å². The minimum absolute atomic E-state index is 0.0414. The van der Waals surface area contributed by atoms with Gasteiger partial charge in [0.25, 0.3) is 11.1 Å². The Hall–Kier alpha value is -3.24. The highest BCUT2D eigenvalue weighted by Crippen LogP contribution is 2.39. The van der Waals surface area contributed by atoms with Crippen molar-refractivity contribution in [3.63, 3.8) is 0 Å². The smallest absolute Gasteiger partial charge is 0.311 e. The fourth-order valence-corrected chi connectivity index (χ4v) is 4.03. The number of nitro groups is 1. The molecule has 1 saturated heterocycles. The molecule has 2 aliphatic rings. The summed E-state index contributed by atoms with van der Waals surface area (Å²) in [6.07, 6.45) is 1.43. The van der Waals surface area contributed by atoms with Crippen LogP contribution in [0.3, 0.4) is 0 Å². The van der Waals surface area contributed by atoms with E-state index in [1.165, 1.54) is 25.3 Å². The zero-order valence-corrected chi connectivity index (χ0v) is 17.0. The van der Waals surface area contributed by atoms with Crippen LogP contribution in [0.25, 0.3) is 6.08 Å². The highest BCUT2D eigenvalue weighted by atomic mass is 35.5. The molecule has 0 atom stereocenters. The molecule has 9 nitrogen and oxygen atoms in total. The molecule has 154 valence electrons. The first kappa shape index (κ1) is 20.0. The Kier molecular flexibility index (Phi) is 5.27. The third-order valence-corrected chi connectivity index (χ3v) is 5.70. The van der Waals surface area contributed by atoms with Gasteiger partial charge >= 0.3 is 5.69 Å². The van der Waals surface area contributed by atoms with Crippen LogP contribution in [0.4, 0.5) is 10.5 Å². The molecule has 0 N–H and O–H groups in total. The zero-order valence-electron chi connectivity index (χ0n) is 15.4. The summed E-state index contributed by atoms with van der Waals surface area (Å²) in [7, 11) is 1.33. The van der Waals surface area contributed by atoms with Crippen molar-refractivity contribution in [3.05, 3.63) is 61.5 Å². The van der Waals surface area contributed by atoms with Crippen LogP contribution in [0, 0.1) is 10.1 Å². The van der Waals surface area contributed by atoms with Crippen LogP contribution in [0.2, 0.25) is 5.02 Å². The summed E-state index contributed by atoms with van der Waals surface area (Å²) in [6, 6.07) is 7.48. The summed E-state index contributed by atoms with van der Waals surface area (Å²) < 4.78 is 15.5. The minimum Gasteiger partial charge on any atom is -0.490 e. The Bertz CT molecular complexity index is 1120. The van der Waals surface area contributed by atoms with E-state index in [-0.39, 0.29) is 29.7 Å². The number of hydrogen-bond donors (Lipinski definition) is 0. The largest absolute Gasteiger partial charge is 0.490 e. The highest BCUT2D eigenvalue weighted by Gasteiger charge is 2.36. The van der Waals surface area contributed by atoms with Crippen LogP contribution < -0.4 is 14.2 Å². The fraction of sp³-hybridized carbons (Fsp3) is 0.158. The molecule has 0 aromatic heterocycles. The summed E-state index contributed by atoms with van der Waals surface area (Å²) >= 11 is 6.99. The van der Waals surface area contributed by atoms with E-state index in [9.17, 15) is 19.7 Å². The first-order valence-corrected chi connectivity index (χ1v) is 9.72. The Balaban J connectivity index is 1.59. The molecule has 2 amide bonds. The van der Waals surface area contributed by atoms with Gasteiger partial charge in [-0.15, -0.1) is 0 Å². The van der Waals surface area contributed by atoms with Crippen molar-refractivity contribution in [3.8, 4) is 17.2 Å².